The van der Waals surface area contributed by atoms with Crippen LogP contribution in [0.25, 0.3) is 0 Å². The summed E-state index contributed by atoms with van der Waals surface area (Å²) >= 11 is 0. The Hall–Kier alpha value is -1.15. The maximum Gasteiger partial charge on any atom is 0.137 e. The zero-order valence-corrected chi connectivity index (χ0v) is 9.66. The van der Waals surface area contributed by atoms with Gasteiger partial charge in [-0.15, -0.1) is 0 Å². The molecule has 0 fully saturated rings. The predicted octanol–water partition coefficient (Wildman–Crippen LogP) is 2.14. The Balaban J connectivity index is 2.67. The standard InChI is InChI=1S/C13H19NO/c1-10(2)12-6-4-11(5-7-12)8-13(9-15)14-3/h4-7,9-10,13-14H,8H2,1-3H3. The van der Waals surface area contributed by atoms with Crippen molar-refractivity contribution in [3.05, 3.63) is 35.4 Å². The van der Waals surface area contributed by atoms with Gasteiger partial charge in [-0.1, -0.05) is 38.1 Å². The van der Waals surface area contributed by atoms with E-state index in [0.29, 0.717) is 5.92 Å². The summed E-state index contributed by atoms with van der Waals surface area (Å²) in [5.41, 5.74) is 2.54. The van der Waals surface area contributed by atoms with E-state index in [-0.39, 0.29) is 6.04 Å². The molecular formula is C13H19NO. The molecular weight excluding hydrogens is 186 g/mol. The van der Waals surface area contributed by atoms with Crippen LogP contribution in [0.5, 0.6) is 0 Å². The lowest BCUT2D eigenvalue weighted by molar-refractivity contribution is -0.109. The lowest BCUT2D eigenvalue weighted by atomic mass is 9.99. The van der Waals surface area contributed by atoms with Crippen LogP contribution >= 0.6 is 0 Å². The van der Waals surface area contributed by atoms with Crippen molar-refractivity contribution in [2.24, 2.45) is 0 Å². The molecule has 0 radical (unpaired) electrons. The van der Waals surface area contributed by atoms with Crippen LogP contribution in [-0.4, -0.2) is 19.4 Å². The number of likely N-dealkylation sites (N-methyl/N-ethyl adjacent to an activating group) is 1. The zero-order valence-electron chi connectivity index (χ0n) is 9.66. The van der Waals surface area contributed by atoms with Gasteiger partial charge in [-0.2, -0.15) is 0 Å². The first kappa shape index (κ1) is 11.9. The monoisotopic (exact) mass is 205 g/mol. The van der Waals surface area contributed by atoms with Crippen molar-refractivity contribution >= 4 is 6.29 Å². The van der Waals surface area contributed by atoms with Crippen LogP contribution in [0.15, 0.2) is 24.3 Å². The van der Waals surface area contributed by atoms with Crippen LogP contribution in [0.1, 0.15) is 30.9 Å². The predicted molar refractivity (Wildman–Crippen MR) is 63.1 cm³/mol. The molecule has 2 heteroatoms. The lowest BCUT2D eigenvalue weighted by Crippen LogP contribution is -2.28. The Kier molecular flexibility index (Phi) is 4.50. The molecule has 0 aliphatic carbocycles. The third-order valence-electron chi connectivity index (χ3n) is 2.64. The van der Waals surface area contributed by atoms with Crippen molar-refractivity contribution in [1.82, 2.24) is 5.32 Å². The minimum atomic E-state index is -0.0742. The van der Waals surface area contributed by atoms with Gasteiger partial charge in [0.2, 0.25) is 0 Å². The average molecular weight is 205 g/mol. The van der Waals surface area contributed by atoms with Gasteiger partial charge in [0.15, 0.2) is 0 Å². The van der Waals surface area contributed by atoms with Gasteiger partial charge in [0.1, 0.15) is 6.29 Å². The van der Waals surface area contributed by atoms with Crippen LogP contribution < -0.4 is 5.32 Å². The summed E-state index contributed by atoms with van der Waals surface area (Å²) in [6.45, 7) is 4.35. The van der Waals surface area contributed by atoms with Crippen LogP contribution in [0.2, 0.25) is 0 Å². The molecule has 0 spiro atoms. The van der Waals surface area contributed by atoms with E-state index in [2.05, 4.69) is 43.4 Å². The Morgan fingerprint density at radius 3 is 2.27 bits per heavy atom. The number of aldehydes is 1. The number of hydrogen-bond acceptors (Lipinski definition) is 2. The Bertz CT molecular complexity index is 303. The van der Waals surface area contributed by atoms with Crippen molar-refractivity contribution in [2.45, 2.75) is 32.2 Å². The van der Waals surface area contributed by atoms with Crippen LogP contribution in [0, 0.1) is 0 Å². The summed E-state index contributed by atoms with van der Waals surface area (Å²) in [4.78, 5) is 10.7. The van der Waals surface area contributed by atoms with Gasteiger partial charge in [0, 0.05) is 0 Å². The Morgan fingerprint density at radius 1 is 1.27 bits per heavy atom. The molecule has 0 aliphatic rings. The number of carbonyl (C=O) groups excluding carboxylic acids is 1. The molecule has 0 saturated heterocycles. The number of hydrogen-bond donors (Lipinski definition) is 1. The number of benzene rings is 1. The fourth-order valence-electron chi connectivity index (χ4n) is 1.51. The van der Waals surface area contributed by atoms with Gasteiger partial charge in [-0.05, 0) is 30.5 Å². The van der Waals surface area contributed by atoms with Crippen molar-refractivity contribution in [1.29, 1.82) is 0 Å². The van der Waals surface area contributed by atoms with Crippen LogP contribution in [-0.2, 0) is 11.2 Å². The van der Waals surface area contributed by atoms with Crippen molar-refractivity contribution < 1.29 is 4.79 Å². The second-order valence-electron chi connectivity index (χ2n) is 4.13. The van der Waals surface area contributed by atoms with E-state index in [4.69, 9.17) is 0 Å². The molecule has 0 bridgehead atoms. The normalized spacial score (nSPS) is 12.8. The molecule has 82 valence electrons. The first-order valence-corrected chi connectivity index (χ1v) is 5.38. The minimum absolute atomic E-state index is 0.0742. The maximum absolute atomic E-state index is 10.7. The van der Waals surface area contributed by atoms with E-state index in [1.54, 1.807) is 0 Å². The second kappa shape index (κ2) is 5.66. The summed E-state index contributed by atoms with van der Waals surface area (Å²) in [6, 6.07) is 8.40. The molecule has 1 aromatic rings. The van der Waals surface area contributed by atoms with Gasteiger partial charge in [0.05, 0.1) is 6.04 Å². The first-order chi connectivity index (χ1) is 7.17. The highest BCUT2D eigenvalue weighted by Gasteiger charge is 2.05. The lowest BCUT2D eigenvalue weighted by Gasteiger charge is -2.10. The molecule has 0 heterocycles. The summed E-state index contributed by atoms with van der Waals surface area (Å²) in [5.74, 6) is 0.560. The largest absolute Gasteiger partial charge is 0.311 e. The smallest absolute Gasteiger partial charge is 0.137 e. The Labute approximate surface area is 91.7 Å². The fourth-order valence-corrected chi connectivity index (χ4v) is 1.51. The summed E-state index contributed by atoms with van der Waals surface area (Å²) in [5, 5.41) is 2.97. The van der Waals surface area contributed by atoms with E-state index in [1.807, 2.05) is 7.05 Å². The van der Waals surface area contributed by atoms with Gasteiger partial charge in [-0.25, -0.2) is 0 Å². The first-order valence-electron chi connectivity index (χ1n) is 5.38. The van der Waals surface area contributed by atoms with Crippen molar-refractivity contribution in [2.75, 3.05) is 7.05 Å². The molecule has 1 atom stereocenters. The van der Waals surface area contributed by atoms with E-state index in [9.17, 15) is 4.79 Å². The topological polar surface area (TPSA) is 29.1 Å². The van der Waals surface area contributed by atoms with Gasteiger partial charge < -0.3 is 10.1 Å². The number of carbonyl (C=O) groups is 1. The fraction of sp³-hybridized carbons (Fsp3) is 0.462. The average Bonchev–Trinajstić information content (AvgIpc) is 2.26. The third kappa shape index (κ3) is 3.48. The van der Waals surface area contributed by atoms with E-state index in [1.165, 1.54) is 11.1 Å². The molecule has 1 unspecified atom stereocenters. The van der Waals surface area contributed by atoms with Gasteiger partial charge in [0.25, 0.3) is 0 Å². The Morgan fingerprint density at radius 2 is 1.87 bits per heavy atom. The molecule has 0 saturated carbocycles. The van der Waals surface area contributed by atoms with Gasteiger partial charge >= 0.3 is 0 Å². The van der Waals surface area contributed by atoms with Crippen LogP contribution in [0.4, 0.5) is 0 Å². The molecule has 1 aromatic carbocycles. The molecule has 1 N–H and O–H groups in total. The molecule has 0 amide bonds. The molecule has 2 nitrogen and oxygen atoms in total. The quantitative estimate of drug-likeness (QED) is 0.746. The zero-order chi connectivity index (χ0) is 11.3. The maximum atomic E-state index is 10.7. The minimum Gasteiger partial charge on any atom is -0.311 e. The molecule has 1 rings (SSSR count). The SMILES string of the molecule is CNC(C=O)Cc1ccc(C(C)C)cc1. The van der Waals surface area contributed by atoms with E-state index >= 15 is 0 Å². The second-order valence-corrected chi connectivity index (χ2v) is 4.13. The van der Waals surface area contributed by atoms with Crippen molar-refractivity contribution in [3.8, 4) is 0 Å². The van der Waals surface area contributed by atoms with E-state index < -0.39 is 0 Å². The van der Waals surface area contributed by atoms with E-state index in [0.717, 1.165) is 12.7 Å². The number of rotatable bonds is 5. The highest BCUT2D eigenvalue weighted by molar-refractivity contribution is 5.58. The molecule has 0 aromatic heterocycles. The summed E-state index contributed by atoms with van der Waals surface area (Å²) in [7, 11) is 1.81. The highest BCUT2D eigenvalue weighted by Crippen LogP contribution is 2.15. The third-order valence-corrected chi connectivity index (χ3v) is 2.64. The highest BCUT2D eigenvalue weighted by atomic mass is 16.1. The van der Waals surface area contributed by atoms with Gasteiger partial charge in [-0.3, -0.25) is 0 Å². The number of nitrogens with one attached hydrogen (secondary N) is 1. The summed E-state index contributed by atoms with van der Waals surface area (Å²) < 4.78 is 0. The molecule has 0 aliphatic heterocycles. The summed E-state index contributed by atoms with van der Waals surface area (Å²) in [6.07, 6.45) is 1.72. The van der Waals surface area contributed by atoms with Crippen LogP contribution in [0.3, 0.4) is 0 Å². The van der Waals surface area contributed by atoms with Crippen molar-refractivity contribution in [3.63, 3.8) is 0 Å². The molecule has 15 heavy (non-hydrogen) atoms.